The van der Waals surface area contributed by atoms with Gasteiger partial charge in [0.15, 0.2) is 0 Å². The number of rotatable bonds is 2. The van der Waals surface area contributed by atoms with E-state index in [9.17, 15) is 5.11 Å². The zero-order valence-electron chi connectivity index (χ0n) is 9.73. The Balaban J connectivity index is 2.02. The maximum Gasteiger partial charge on any atom is 0.115 e. The molecule has 3 N–H and O–H groups in total. The van der Waals surface area contributed by atoms with Gasteiger partial charge in [-0.3, -0.25) is 0 Å². The second-order valence-corrected chi connectivity index (χ2v) is 4.90. The van der Waals surface area contributed by atoms with Crippen molar-refractivity contribution in [1.82, 2.24) is 0 Å². The molecule has 0 spiro atoms. The highest BCUT2D eigenvalue weighted by atomic mass is 16.3. The maximum atomic E-state index is 9.27. The number of benzene rings is 1. The van der Waals surface area contributed by atoms with Gasteiger partial charge in [-0.1, -0.05) is 18.6 Å². The fourth-order valence-electron chi connectivity index (χ4n) is 2.69. The average Bonchev–Trinajstić information content (AvgIpc) is 2.55. The third-order valence-electron chi connectivity index (χ3n) is 3.79. The van der Waals surface area contributed by atoms with Crippen molar-refractivity contribution in [2.24, 2.45) is 11.7 Å². The van der Waals surface area contributed by atoms with Crippen molar-refractivity contribution in [3.63, 3.8) is 0 Å². The van der Waals surface area contributed by atoms with Gasteiger partial charge < -0.3 is 10.8 Å². The predicted molar refractivity (Wildman–Crippen MR) is 66.5 cm³/mol. The molecule has 1 saturated carbocycles. The van der Waals surface area contributed by atoms with Crippen LogP contribution in [0.2, 0.25) is 0 Å². The summed E-state index contributed by atoms with van der Waals surface area (Å²) in [5.41, 5.74) is 7.11. The Hall–Kier alpha value is -1.02. The molecule has 1 aromatic carbocycles. The molecule has 1 aliphatic rings. The van der Waals surface area contributed by atoms with Crippen molar-refractivity contribution in [3.05, 3.63) is 29.8 Å². The zero-order valence-corrected chi connectivity index (χ0v) is 9.73. The molecule has 2 atom stereocenters. The van der Waals surface area contributed by atoms with Crippen LogP contribution in [-0.2, 0) is 0 Å². The topological polar surface area (TPSA) is 46.2 Å². The van der Waals surface area contributed by atoms with Crippen molar-refractivity contribution < 1.29 is 5.11 Å². The van der Waals surface area contributed by atoms with Gasteiger partial charge in [0.2, 0.25) is 0 Å². The molecule has 0 aliphatic heterocycles. The first-order valence-corrected chi connectivity index (χ1v) is 6.28. The lowest BCUT2D eigenvalue weighted by atomic mass is 9.91. The van der Waals surface area contributed by atoms with E-state index in [1.165, 1.54) is 37.7 Å². The zero-order chi connectivity index (χ0) is 11.4. The van der Waals surface area contributed by atoms with E-state index in [1.807, 2.05) is 0 Å². The molecule has 1 unspecified atom stereocenters. The number of phenolic OH excluding ortho intramolecular Hbond substituents is 1. The Morgan fingerprint density at radius 2 is 1.81 bits per heavy atom. The molecule has 2 nitrogen and oxygen atoms in total. The van der Waals surface area contributed by atoms with Crippen LogP contribution in [0, 0.1) is 5.92 Å². The van der Waals surface area contributed by atoms with Gasteiger partial charge >= 0.3 is 0 Å². The Bertz CT molecular complexity index is 320. The summed E-state index contributed by atoms with van der Waals surface area (Å²) in [5.74, 6) is 1.75. The normalized spacial score (nSPS) is 26.3. The van der Waals surface area contributed by atoms with Crippen LogP contribution in [-0.4, -0.2) is 11.7 Å². The molecule has 0 radical (unpaired) electrons. The Morgan fingerprint density at radius 1 is 1.06 bits per heavy atom. The SMILES string of the molecule is NC[C@H]1CCCC(c2ccc(O)cc2)CC1. The quantitative estimate of drug-likeness (QED) is 0.751. The monoisotopic (exact) mass is 219 g/mol. The van der Waals surface area contributed by atoms with Crippen LogP contribution in [0.5, 0.6) is 5.75 Å². The number of nitrogens with two attached hydrogens (primary N) is 1. The minimum absolute atomic E-state index is 0.359. The van der Waals surface area contributed by atoms with Crippen molar-refractivity contribution in [1.29, 1.82) is 0 Å². The lowest BCUT2D eigenvalue weighted by Gasteiger charge is -2.15. The van der Waals surface area contributed by atoms with E-state index < -0.39 is 0 Å². The number of hydrogen-bond donors (Lipinski definition) is 2. The van der Waals surface area contributed by atoms with Crippen LogP contribution >= 0.6 is 0 Å². The largest absolute Gasteiger partial charge is 0.508 e. The van der Waals surface area contributed by atoms with Gasteiger partial charge in [0.25, 0.3) is 0 Å². The molecule has 2 rings (SSSR count). The van der Waals surface area contributed by atoms with Crippen LogP contribution in [0.4, 0.5) is 0 Å². The van der Waals surface area contributed by atoms with Crippen molar-refractivity contribution in [3.8, 4) is 5.75 Å². The second-order valence-electron chi connectivity index (χ2n) is 4.90. The fraction of sp³-hybridized carbons (Fsp3) is 0.571. The Labute approximate surface area is 97.5 Å². The van der Waals surface area contributed by atoms with E-state index >= 15 is 0 Å². The van der Waals surface area contributed by atoms with E-state index in [-0.39, 0.29) is 0 Å². The van der Waals surface area contributed by atoms with Crippen LogP contribution in [0.1, 0.15) is 43.6 Å². The molecule has 1 aromatic rings. The highest BCUT2D eigenvalue weighted by molar-refractivity contribution is 5.28. The van der Waals surface area contributed by atoms with Gasteiger partial charge in [-0.25, -0.2) is 0 Å². The maximum absolute atomic E-state index is 9.27. The highest BCUT2D eigenvalue weighted by Crippen LogP contribution is 2.34. The van der Waals surface area contributed by atoms with Gasteiger partial charge in [-0.05, 0) is 61.8 Å². The molecular formula is C14H21NO. The number of phenols is 1. The molecule has 0 bridgehead atoms. The average molecular weight is 219 g/mol. The summed E-state index contributed by atoms with van der Waals surface area (Å²) in [4.78, 5) is 0. The van der Waals surface area contributed by atoms with Gasteiger partial charge in [-0.15, -0.1) is 0 Å². The van der Waals surface area contributed by atoms with Gasteiger partial charge in [0.05, 0.1) is 0 Å². The van der Waals surface area contributed by atoms with E-state index in [0.717, 1.165) is 12.5 Å². The standard InChI is InChI=1S/C14H21NO/c15-10-11-2-1-3-12(5-4-11)13-6-8-14(16)9-7-13/h6-9,11-12,16H,1-5,10,15H2/t11-,12?/m0/s1. The van der Waals surface area contributed by atoms with E-state index in [0.29, 0.717) is 11.7 Å². The first-order chi connectivity index (χ1) is 7.79. The van der Waals surface area contributed by atoms with Crippen LogP contribution in [0.3, 0.4) is 0 Å². The smallest absolute Gasteiger partial charge is 0.115 e. The molecule has 0 aromatic heterocycles. The van der Waals surface area contributed by atoms with Gasteiger partial charge in [-0.2, -0.15) is 0 Å². The fourth-order valence-corrected chi connectivity index (χ4v) is 2.69. The molecule has 2 heteroatoms. The third-order valence-corrected chi connectivity index (χ3v) is 3.79. The van der Waals surface area contributed by atoms with Crippen LogP contribution in [0.25, 0.3) is 0 Å². The minimum atomic E-state index is 0.359. The summed E-state index contributed by atoms with van der Waals surface area (Å²) in [6, 6.07) is 7.70. The molecular weight excluding hydrogens is 198 g/mol. The molecule has 0 saturated heterocycles. The first-order valence-electron chi connectivity index (χ1n) is 6.28. The lowest BCUT2D eigenvalue weighted by molar-refractivity contribution is 0.466. The number of aromatic hydroxyl groups is 1. The summed E-state index contributed by atoms with van der Waals surface area (Å²) in [7, 11) is 0. The summed E-state index contributed by atoms with van der Waals surface area (Å²) in [6.45, 7) is 0.836. The second kappa shape index (κ2) is 5.35. The van der Waals surface area contributed by atoms with E-state index in [2.05, 4.69) is 12.1 Å². The Morgan fingerprint density at radius 3 is 2.50 bits per heavy atom. The molecule has 0 heterocycles. The van der Waals surface area contributed by atoms with Gasteiger partial charge in [0, 0.05) is 0 Å². The van der Waals surface area contributed by atoms with E-state index in [4.69, 9.17) is 5.73 Å². The Kier molecular flexibility index (Phi) is 3.83. The number of hydrogen-bond acceptors (Lipinski definition) is 2. The van der Waals surface area contributed by atoms with Crippen molar-refractivity contribution in [2.45, 2.75) is 38.0 Å². The van der Waals surface area contributed by atoms with E-state index in [1.54, 1.807) is 12.1 Å². The third kappa shape index (κ3) is 2.76. The molecule has 88 valence electrons. The summed E-state index contributed by atoms with van der Waals surface area (Å²) in [6.07, 6.45) is 6.33. The highest BCUT2D eigenvalue weighted by Gasteiger charge is 2.19. The molecule has 1 aliphatic carbocycles. The molecule has 16 heavy (non-hydrogen) atoms. The van der Waals surface area contributed by atoms with Crippen molar-refractivity contribution >= 4 is 0 Å². The first kappa shape index (κ1) is 11.5. The summed E-state index contributed by atoms with van der Waals surface area (Å²) in [5, 5.41) is 9.27. The predicted octanol–water partition coefficient (Wildman–Crippen LogP) is 3.01. The summed E-state index contributed by atoms with van der Waals surface area (Å²) >= 11 is 0. The molecule has 0 amide bonds. The van der Waals surface area contributed by atoms with Crippen molar-refractivity contribution in [2.75, 3.05) is 6.54 Å². The van der Waals surface area contributed by atoms with Crippen LogP contribution < -0.4 is 5.73 Å². The minimum Gasteiger partial charge on any atom is -0.508 e. The van der Waals surface area contributed by atoms with Crippen LogP contribution in [0.15, 0.2) is 24.3 Å². The van der Waals surface area contributed by atoms with Gasteiger partial charge in [0.1, 0.15) is 5.75 Å². The molecule has 1 fully saturated rings. The summed E-state index contributed by atoms with van der Waals surface area (Å²) < 4.78 is 0. The lowest BCUT2D eigenvalue weighted by Crippen LogP contribution is -2.13.